The fraction of sp³-hybridized carbons (Fsp3) is 0.909. The average Bonchev–Trinajstić information content (AvgIpc) is 2.15. The molecular weight excluding hydrogens is 192 g/mol. The third-order valence-corrected chi connectivity index (χ3v) is 2.23. The van der Waals surface area contributed by atoms with E-state index in [2.05, 4.69) is 24.5 Å². The highest BCUT2D eigenvalue weighted by molar-refractivity contribution is 5.77. The van der Waals surface area contributed by atoms with E-state index in [4.69, 9.17) is 5.11 Å². The lowest BCUT2D eigenvalue weighted by molar-refractivity contribution is -0.120. The van der Waals surface area contributed by atoms with Crippen molar-refractivity contribution in [3.63, 3.8) is 0 Å². The predicted octanol–water partition coefficient (Wildman–Crippen LogP) is 0.365. The molecule has 0 saturated heterocycles. The number of rotatable bonds is 7. The molecule has 0 aliphatic rings. The maximum Gasteiger partial charge on any atom is 0.233 e. The first kappa shape index (κ1) is 14.4. The van der Waals surface area contributed by atoms with Gasteiger partial charge in [-0.25, -0.2) is 0 Å². The third kappa shape index (κ3) is 7.33. The lowest BCUT2D eigenvalue weighted by atomic mass is 10.1. The van der Waals surface area contributed by atoms with E-state index < -0.39 is 0 Å². The van der Waals surface area contributed by atoms with Crippen LogP contribution in [0.3, 0.4) is 0 Å². The van der Waals surface area contributed by atoms with Crippen LogP contribution in [0.4, 0.5) is 0 Å². The molecule has 1 unspecified atom stereocenters. The van der Waals surface area contributed by atoms with Gasteiger partial charge in [0.25, 0.3) is 0 Å². The fourth-order valence-corrected chi connectivity index (χ4v) is 1.12. The van der Waals surface area contributed by atoms with Crippen molar-refractivity contribution in [3.8, 4) is 0 Å². The Bertz CT molecular complexity index is 181. The summed E-state index contributed by atoms with van der Waals surface area (Å²) in [6.45, 7) is 9.17. The van der Waals surface area contributed by atoms with Gasteiger partial charge < -0.3 is 15.7 Å². The second-order valence-corrected chi connectivity index (χ2v) is 4.61. The van der Waals surface area contributed by atoms with E-state index in [0.29, 0.717) is 18.4 Å². The first-order valence-corrected chi connectivity index (χ1v) is 5.58. The summed E-state index contributed by atoms with van der Waals surface area (Å²) in [4.78, 5) is 11.3. The van der Waals surface area contributed by atoms with Crippen LogP contribution in [0.25, 0.3) is 0 Å². The molecule has 15 heavy (non-hydrogen) atoms. The number of amides is 1. The summed E-state index contributed by atoms with van der Waals surface area (Å²) in [7, 11) is 0. The Morgan fingerprint density at radius 3 is 2.27 bits per heavy atom. The maximum absolute atomic E-state index is 11.3. The van der Waals surface area contributed by atoms with Crippen LogP contribution in [-0.4, -0.2) is 36.8 Å². The Hall–Kier alpha value is -0.610. The highest BCUT2D eigenvalue weighted by atomic mass is 16.3. The summed E-state index contributed by atoms with van der Waals surface area (Å²) in [5.41, 5.74) is 0. The molecule has 4 heteroatoms. The molecule has 0 fully saturated rings. The third-order valence-electron chi connectivity index (χ3n) is 2.23. The van der Waals surface area contributed by atoms with Crippen molar-refractivity contribution in [1.82, 2.24) is 10.6 Å². The van der Waals surface area contributed by atoms with Crippen molar-refractivity contribution >= 4 is 5.91 Å². The molecule has 0 aromatic rings. The molecule has 90 valence electrons. The molecule has 0 radical (unpaired) electrons. The Morgan fingerprint density at radius 1 is 1.27 bits per heavy atom. The number of hydrogen-bond acceptors (Lipinski definition) is 3. The Morgan fingerprint density at radius 2 is 1.87 bits per heavy atom. The molecule has 1 atom stereocenters. The van der Waals surface area contributed by atoms with Gasteiger partial charge in [-0.05, 0) is 11.8 Å². The highest BCUT2D eigenvalue weighted by Gasteiger charge is 2.12. The molecule has 0 spiro atoms. The lowest BCUT2D eigenvalue weighted by Gasteiger charge is -2.19. The summed E-state index contributed by atoms with van der Waals surface area (Å²) >= 11 is 0. The number of carbonyl (C=O) groups is 1. The van der Waals surface area contributed by atoms with Gasteiger partial charge in [-0.2, -0.15) is 0 Å². The fourth-order valence-electron chi connectivity index (χ4n) is 1.12. The second-order valence-electron chi connectivity index (χ2n) is 4.61. The van der Waals surface area contributed by atoms with Gasteiger partial charge in [0.15, 0.2) is 0 Å². The van der Waals surface area contributed by atoms with Crippen LogP contribution in [0.5, 0.6) is 0 Å². The number of carbonyl (C=O) groups excluding carboxylic acids is 1. The second kappa shape index (κ2) is 7.65. The zero-order valence-electron chi connectivity index (χ0n) is 10.2. The van der Waals surface area contributed by atoms with Crippen LogP contribution in [0, 0.1) is 11.8 Å². The molecule has 0 bridgehead atoms. The van der Waals surface area contributed by atoms with Gasteiger partial charge in [0.2, 0.25) is 5.91 Å². The Balaban J connectivity index is 3.69. The molecule has 0 saturated carbocycles. The topological polar surface area (TPSA) is 61.4 Å². The van der Waals surface area contributed by atoms with E-state index >= 15 is 0 Å². The van der Waals surface area contributed by atoms with Crippen molar-refractivity contribution in [3.05, 3.63) is 0 Å². The van der Waals surface area contributed by atoms with E-state index in [-0.39, 0.29) is 25.1 Å². The molecular formula is C11H24N2O2. The number of hydrogen-bond donors (Lipinski definition) is 3. The number of aliphatic hydroxyl groups is 1. The summed E-state index contributed by atoms with van der Waals surface area (Å²) in [5, 5.41) is 14.9. The van der Waals surface area contributed by atoms with Crippen molar-refractivity contribution in [1.29, 1.82) is 0 Å². The SMILES string of the molecule is CC(C)CNC(=O)CNC(CO)C(C)C. The van der Waals surface area contributed by atoms with Gasteiger partial charge in [-0.15, -0.1) is 0 Å². The molecule has 4 nitrogen and oxygen atoms in total. The Labute approximate surface area is 92.4 Å². The lowest BCUT2D eigenvalue weighted by Crippen LogP contribution is -2.44. The molecule has 0 aliphatic carbocycles. The number of aliphatic hydroxyl groups excluding tert-OH is 1. The largest absolute Gasteiger partial charge is 0.395 e. The van der Waals surface area contributed by atoms with Gasteiger partial charge in [0.05, 0.1) is 13.2 Å². The van der Waals surface area contributed by atoms with Crippen LogP contribution in [0.15, 0.2) is 0 Å². The molecule has 0 aromatic carbocycles. The molecule has 0 heterocycles. The summed E-state index contributed by atoms with van der Waals surface area (Å²) in [6, 6.07) is -0.00481. The zero-order valence-corrected chi connectivity index (χ0v) is 10.2. The minimum Gasteiger partial charge on any atom is -0.395 e. The Kier molecular flexibility index (Phi) is 7.34. The average molecular weight is 216 g/mol. The molecule has 0 aliphatic heterocycles. The molecule has 3 N–H and O–H groups in total. The molecule has 0 rings (SSSR count). The standard InChI is InChI=1S/C11H24N2O2/c1-8(2)5-13-11(15)6-12-10(7-14)9(3)4/h8-10,12,14H,5-7H2,1-4H3,(H,13,15). The van der Waals surface area contributed by atoms with Crippen molar-refractivity contribution in [2.75, 3.05) is 19.7 Å². The number of nitrogens with one attached hydrogen (secondary N) is 2. The summed E-state index contributed by atoms with van der Waals surface area (Å²) in [5.74, 6) is 0.781. The van der Waals surface area contributed by atoms with Gasteiger partial charge in [-0.3, -0.25) is 4.79 Å². The quantitative estimate of drug-likeness (QED) is 0.576. The smallest absolute Gasteiger partial charge is 0.233 e. The van der Waals surface area contributed by atoms with Gasteiger partial charge in [0.1, 0.15) is 0 Å². The maximum atomic E-state index is 11.3. The van der Waals surface area contributed by atoms with E-state index in [9.17, 15) is 4.79 Å². The van der Waals surface area contributed by atoms with Gasteiger partial charge in [-0.1, -0.05) is 27.7 Å². The predicted molar refractivity (Wildman–Crippen MR) is 61.6 cm³/mol. The van der Waals surface area contributed by atoms with E-state index in [1.54, 1.807) is 0 Å². The van der Waals surface area contributed by atoms with Crippen LogP contribution in [-0.2, 0) is 4.79 Å². The van der Waals surface area contributed by atoms with Gasteiger partial charge >= 0.3 is 0 Å². The normalized spacial score (nSPS) is 13.3. The monoisotopic (exact) mass is 216 g/mol. The van der Waals surface area contributed by atoms with Crippen LogP contribution >= 0.6 is 0 Å². The zero-order chi connectivity index (χ0) is 11.8. The van der Waals surface area contributed by atoms with E-state index in [1.807, 2.05) is 13.8 Å². The summed E-state index contributed by atoms with van der Waals surface area (Å²) < 4.78 is 0. The summed E-state index contributed by atoms with van der Waals surface area (Å²) in [6.07, 6.45) is 0. The minimum atomic E-state index is -0.0113. The van der Waals surface area contributed by atoms with Crippen LogP contribution in [0.2, 0.25) is 0 Å². The highest BCUT2D eigenvalue weighted by Crippen LogP contribution is 1.99. The van der Waals surface area contributed by atoms with Gasteiger partial charge in [0, 0.05) is 12.6 Å². The minimum absolute atomic E-state index is 0.00481. The van der Waals surface area contributed by atoms with E-state index in [0.717, 1.165) is 0 Å². The van der Waals surface area contributed by atoms with E-state index in [1.165, 1.54) is 0 Å². The molecule has 0 aromatic heterocycles. The first-order chi connectivity index (χ1) is 6.97. The first-order valence-electron chi connectivity index (χ1n) is 5.58. The van der Waals surface area contributed by atoms with Crippen molar-refractivity contribution < 1.29 is 9.90 Å². The van der Waals surface area contributed by atoms with Crippen LogP contribution < -0.4 is 10.6 Å². The van der Waals surface area contributed by atoms with Crippen molar-refractivity contribution in [2.24, 2.45) is 11.8 Å². The van der Waals surface area contributed by atoms with Crippen LogP contribution in [0.1, 0.15) is 27.7 Å². The van der Waals surface area contributed by atoms with Crippen molar-refractivity contribution in [2.45, 2.75) is 33.7 Å². The molecule has 1 amide bonds.